The number of carbonyl (C=O) groups is 2. The molecule has 0 saturated carbocycles. The summed E-state index contributed by atoms with van der Waals surface area (Å²) in [6.45, 7) is 5.90. The summed E-state index contributed by atoms with van der Waals surface area (Å²) in [4.78, 5) is 33.3. The van der Waals surface area contributed by atoms with Crippen LogP contribution in [0.1, 0.15) is 40.8 Å². The van der Waals surface area contributed by atoms with E-state index in [0.29, 0.717) is 22.7 Å². The van der Waals surface area contributed by atoms with Crippen LogP contribution in [-0.2, 0) is 16.0 Å². The Morgan fingerprint density at radius 2 is 1.92 bits per heavy atom. The number of aryl methyl sites for hydroxylation is 2. The van der Waals surface area contributed by atoms with E-state index in [0.717, 1.165) is 32.7 Å². The maximum absolute atomic E-state index is 13.6. The molecule has 3 aromatic carbocycles. The van der Waals surface area contributed by atoms with Crippen molar-refractivity contribution in [2.24, 2.45) is 0 Å². The average molecular weight is 543 g/mol. The lowest BCUT2D eigenvalue weighted by Crippen LogP contribution is -2.29. The van der Waals surface area contributed by atoms with Gasteiger partial charge in [0, 0.05) is 12.0 Å². The number of carbonyl (C=O) groups excluding carboxylic acids is 2. The molecule has 1 fully saturated rings. The molecule has 0 bridgehead atoms. The van der Waals surface area contributed by atoms with Crippen LogP contribution in [0.4, 0.5) is 5.13 Å². The molecule has 2 atom stereocenters. The lowest BCUT2D eigenvalue weighted by atomic mass is 9.94. The molecule has 1 amide bonds. The Bertz CT molecular complexity index is 1720. The summed E-state index contributed by atoms with van der Waals surface area (Å²) in [5.74, 6) is -1.07. The number of Topliss-reactive ketones (excluding diaryl/α,β-unsaturated/α-hetero) is 1. The lowest BCUT2D eigenvalue weighted by molar-refractivity contribution is -0.132. The number of nitrogens with zero attached hydrogens (tertiary/aromatic N) is 2. The zero-order valence-corrected chi connectivity index (χ0v) is 22.6. The fourth-order valence-corrected chi connectivity index (χ4v) is 6.56. The van der Waals surface area contributed by atoms with Gasteiger partial charge in [-0.3, -0.25) is 14.5 Å². The number of phenols is 1. The van der Waals surface area contributed by atoms with Gasteiger partial charge in [0.2, 0.25) is 0 Å². The minimum absolute atomic E-state index is 0.0126. The Morgan fingerprint density at radius 1 is 1.13 bits per heavy atom. The number of methoxy groups -OCH3 is 1. The van der Waals surface area contributed by atoms with E-state index in [4.69, 9.17) is 14.5 Å². The smallest absolute Gasteiger partial charge is 0.301 e. The molecular weight excluding hydrogens is 516 g/mol. The van der Waals surface area contributed by atoms with E-state index in [9.17, 15) is 19.8 Å². The number of ketones is 1. The molecule has 0 spiro atoms. The first-order valence-corrected chi connectivity index (χ1v) is 13.3. The van der Waals surface area contributed by atoms with Crippen molar-refractivity contribution in [1.82, 2.24) is 4.98 Å². The normalized spacial score (nSPS) is 19.9. The predicted octanol–water partition coefficient (Wildman–Crippen LogP) is 5.58. The van der Waals surface area contributed by atoms with Crippen LogP contribution in [0.15, 0.2) is 54.1 Å². The topological polar surface area (TPSA) is 109 Å². The van der Waals surface area contributed by atoms with Crippen LogP contribution < -0.4 is 14.4 Å². The molecule has 198 valence electrons. The van der Waals surface area contributed by atoms with Crippen molar-refractivity contribution in [2.45, 2.75) is 39.3 Å². The Hall–Kier alpha value is -4.37. The number of hydrogen-bond acceptors (Lipinski definition) is 8. The van der Waals surface area contributed by atoms with Crippen LogP contribution in [0.5, 0.6) is 17.2 Å². The van der Waals surface area contributed by atoms with Crippen molar-refractivity contribution in [3.63, 3.8) is 0 Å². The highest BCUT2D eigenvalue weighted by atomic mass is 32.1. The van der Waals surface area contributed by atoms with Gasteiger partial charge in [-0.25, -0.2) is 4.98 Å². The number of ether oxygens (including phenoxy) is 2. The number of phenolic OH excluding ortho intramolecular Hbond substituents is 1. The van der Waals surface area contributed by atoms with Gasteiger partial charge >= 0.3 is 5.91 Å². The number of anilines is 1. The molecule has 2 N–H and O–H groups in total. The number of aromatic nitrogens is 1. The Labute approximate surface area is 228 Å². The highest BCUT2D eigenvalue weighted by molar-refractivity contribution is 7.22. The highest BCUT2D eigenvalue weighted by Gasteiger charge is 2.48. The molecule has 8 nitrogen and oxygen atoms in total. The van der Waals surface area contributed by atoms with Crippen LogP contribution in [0.25, 0.3) is 16.0 Å². The van der Waals surface area contributed by atoms with E-state index in [-0.39, 0.29) is 28.9 Å². The Kier molecular flexibility index (Phi) is 5.84. The van der Waals surface area contributed by atoms with E-state index in [1.54, 1.807) is 30.3 Å². The van der Waals surface area contributed by atoms with Gasteiger partial charge in [-0.05, 0) is 79.4 Å². The van der Waals surface area contributed by atoms with Crippen molar-refractivity contribution >= 4 is 44.1 Å². The molecule has 39 heavy (non-hydrogen) atoms. The van der Waals surface area contributed by atoms with Crippen LogP contribution in [0, 0.1) is 13.8 Å². The molecular formula is C30H26N2O6S. The zero-order valence-electron chi connectivity index (χ0n) is 21.8. The second kappa shape index (κ2) is 9.13. The van der Waals surface area contributed by atoms with E-state index >= 15 is 0 Å². The summed E-state index contributed by atoms with van der Waals surface area (Å²) in [5.41, 5.74) is 4.52. The summed E-state index contributed by atoms with van der Waals surface area (Å²) in [5, 5.41) is 22.1. The number of hydrogen-bond donors (Lipinski definition) is 2. The van der Waals surface area contributed by atoms with Crippen LogP contribution in [0.3, 0.4) is 0 Å². The third kappa shape index (κ3) is 4.01. The second-order valence-electron chi connectivity index (χ2n) is 9.98. The molecule has 3 heterocycles. The fraction of sp³-hybridized carbons (Fsp3) is 0.233. The van der Waals surface area contributed by atoms with Crippen molar-refractivity contribution in [2.75, 3.05) is 12.0 Å². The van der Waals surface area contributed by atoms with E-state index in [1.165, 1.54) is 29.4 Å². The summed E-state index contributed by atoms with van der Waals surface area (Å²) >= 11 is 1.31. The summed E-state index contributed by atoms with van der Waals surface area (Å²) in [6.07, 6.45) is 0.687. The van der Waals surface area contributed by atoms with Crippen LogP contribution in [0.2, 0.25) is 0 Å². The van der Waals surface area contributed by atoms with E-state index in [2.05, 4.69) is 0 Å². The van der Waals surface area contributed by atoms with Gasteiger partial charge in [0.1, 0.15) is 17.6 Å². The minimum Gasteiger partial charge on any atom is -0.507 e. The van der Waals surface area contributed by atoms with Gasteiger partial charge in [-0.15, -0.1) is 0 Å². The molecule has 0 radical (unpaired) electrons. The SMILES string of the molecule is COc1cc(C2C(=C(O)c3ccc4c(c3)CC(C)O4)C(=O)C(=O)N2c2nc3c(C)cc(C)cc3s2)ccc1O. The first kappa shape index (κ1) is 24.9. The van der Waals surface area contributed by atoms with Crippen molar-refractivity contribution in [3.8, 4) is 17.2 Å². The maximum Gasteiger partial charge on any atom is 0.301 e. The first-order chi connectivity index (χ1) is 18.7. The number of thiazole rings is 1. The molecule has 1 aromatic heterocycles. The molecule has 2 unspecified atom stereocenters. The quantitative estimate of drug-likeness (QED) is 0.197. The van der Waals surface area contributed by atoms with Gasteiger partial charge in [-0.2, -0.15) is 0 Å². The highest BCUT2D eigenvalue weighted by Crippen LogP contribution is 2.46. The number of amides is 1. The van der Waals surface area contributed by atoms with Gasteiger partial charge < -0.3 is 19.7 Å². The number of benzene rings is 3. The second-order valence-corrected chi connectivity index (χ2v) is 11.0. The molecule has 0 aliphatic carbocycles. The molecule has 1 saturated heterocycles. The zero-order chi connectivity index (χ0) is 27.6. The summed E-state index contributed by atoms with van der Waals surface area (Å²) < 4.78 is 12.0. The van der Waals surface area contributed by atoms with Crippen molar-refractivity contribution in [3.05, 3.63) is 81.9 Å². The predicted molar refractivity (Wildman–Crippen MR) is 149 cm³/mol. The Balaban J connectivity index is 1.56. The van der Waals surface area contributed by atoms with Crippen LogP contribution in [-0.4, -0.2) is 40.1 Å². The average Bonchev–Trinajstić information content (AvgIpc) is 3.56. The number of fused-ring (bicyclic) bond motifs is 2. The van der Waals surface area contributed by atoms with Gasteiger partial charge in [0.15, 0.2) is 16.6 Å². The van der Waals surface area contributed by atoms with Gasteiger partial charge in [0.25, 0.3) is 5.78 Å². The lowest BCUT2D eigenvalue weighted by Gasteiger charge is -2.23. The van der Waals surface area contributed by atoms with Crippen LogP contribution >= 0.6 is 11.3 Å². The van der Waals surface area contributed by atoms with Crippen molar-refractivity contribution < 1.29 is 29.3 Å². The van der Waals surface area contributed by atoms with Crippen molar-refractivity contribution in [1.29, 1.82) is 0 Å². The molecule has 6 rings (SSSR count). The first-order valence-electron chi connectivity index (χ1n) is 12.5. The molecule has 9 heteroatoms. The van der Waals surface area contributed by atoms with Gasteiger partial charge in [-0.1, -0.05) is 23.5 Å². The number of aliphatic hydroxyl groups is 1. The van der Waals surface area contributed by atoms with E-state index < -0.39 is 17.7 Å². The number of aliphatic hydroxyl groups excluding tert-OH is 1. The number of rotatable bonds is 4. The molecule has 2 aliphatic heterocycles. The minimum atomic E-state index is -0.995. The summed E-state index contributed by atoms with van der Waals surface area (Å²) in [7, 11) is 1.42. The van der Waals surface area contributed by atoms with E-state index in [1.807, 2.05) is 32.9 Å². The van der Waals surface area contributed by atoms with Gasteiger partial charge in [0.05, 0.1) is 28.9 Å². The third-order valence-corrected chi connectivity index (χ3v) is 8.16. The largest absolute Gasteiger partial charge is 0.507 e. The molecule has 4 aromatic rings. The maximum atomic E-state index is 13.6. The standard InChI is InChI=1S/C30H26N2O6S/c1-14-9-15(2)25-23(10-14)39-30(31-25)32-26(17-5-7-20(33)22(13-17)37-4)24(28(35)29(32)36)27(34)18-6-8-21-19(12-18)11-16(3)38-21/h5-10,12-13,16,26,33-34H,11H2,1-4H3. The Morgan fingerprint density at radius 3 is 2.69 bits per heavy atom. The fourth-order valence-electron chi connectivity index (χ4n) is 5.40. The monoisotopic (exact) mass is 542 g/mol. The molecule has 2 aliphatic rings. The summed E-state index contributed by atoms with van der Waals surface area (Å²) in [6, 6.07) is 12.9. The third-order valence-electron chi connectivity index (χ3n) is 7.16. The number of aromatic hydroxyl groups is 1.